The first-order valence-electron chi connectivity index (χ1n) is 4.79. The summed E-state index contributed by atoms with van der Waals surface area (Å²) in [5.41, 5.74) is 1.43. The first kappa shape index (κ1) is 9.10. The molecule has 1 N–H and O–H groups in total. The van der Waals surface area contributed by atoms with Gasteiger partial charge in [-0.3, -0.25) is 0 Å². The average Bonchev–Trinajstić information content (AvgIpc) is 2.93. The van der Waals surface area contributed by atoms with Crippen LogP contribution in [0.25, 0.3) is 0 Å². The summed E-state index contributed by atoms with van der Waals surface area (Å²) in [6.07, 6.45) is 2.80. The van der Waals surface area contributed by atoms with Crippen LogP contribution in [0, 0.1) is 0 Å². The smallest absolute Gasteiger partial charge is 0.0213 e. The lowest BCUT2D eigenvalue weighted by Gasteiger charge is -2.07. The van der Waals surface area contributed by atoms with Crippen molar-refractivity contribution in [1.82, 2.24) is 5.32 Å². The lowest BCUT2D eigenvalue weighted by atomic mass is 10.2. The van der Waals surface area contributed by atoms with Crippen molar-refractivity contribution in [3.63, 3.8) is 0 Å². The fraction of sp³-hybridized carbons (Fsp3) is 0.455. The fourth-order valence-corrected chi connectivity index (χ4v) is 2.50. The highest BCUT2D eigenvalue weighted by molar-refractivity contribution is 8.00. The average molecular weight is 193 g/mol. The van der Waals surface area contributed by atoms with Crippen LogP contribution in [0.5, 0.6) is 0 Å². The van der Waals surface area contributed by atoms with E-state index in [9.17, 15) is 0 Å². The molecule has 0 unspecified atom stereocenters. The van der Waals surface area contributed by atoms with Crippen molar-refractivity contribution in [2.75, 3.05) is 7.05 Å². The summed E-state index contributed by atoms with van der Waals surface area (Å²) in [5, 5.41) is 4.11. The highest BCUT2D eigenvalue weighted by Crippen LogP contribution is 2.40. The Labute approximate surface area is 83.9 Å². The summed E-state index contributed by atoms with van der Waals surface area (Å²) < 4.78 is 0. The second-order valence-corrected chi connectivity index (χ2v) is 4.80. The van der Waals surface area contributed by atoms with Crippen LogP contribution in [0.2, 0.25) is 0 Å². The van der Waals surface area contributed by atoms with E-state index in [1.807, 2.05) is 18.8 Å². The molecule has 70 valence electrons. The van der Waals surface area contributed by atoms with Crippen molar-refractivity contribution in [2.45, 2.75) is 29.5 Å². The van der Waals surface area contributed by atoms with Gasteiger partial charge in [0.25, 0.3) is 0 Å². The highest BCUT2D eigenvalue weighted by atomic mass is 32.2. The zero-order chi connectivity index (χ0) is 9.10. The molecule has 1 saturated carbocycles. The van der Waals surface area contributed by atoms with Crippen LogP contribution in [0.4, 0.5) is 0 Å². The van der Waals surface area contributed by atoms with E-state index in [0.717, 1.165) is 11.8 Å². The zero-order valence-electron chi connectivity index (χ0n) is 7.92. The molecule has 0 aliphatic heterocycles. The van der Waals surface area contributed by atoms with Crippen LogP contribution >= 0.6 is 11.8 Å². The largest absolute Gasteiger partial charge is 0.316 e. The van der Waals surface area contributed by atoms with Crippen LogP contribution < -0.4 is 5.32 Å². The second-order valence-electron chi connectivity index (χ2n) is 3.46. The summed E-state index contributed by atoms with van der Waals surface area (Å²) in [5.74, 6) is 0. The molecule has 0 saturated heterocycles. The van der Waals surface area contributed by atoms with Crippen LogP contribution in [-0.2, 0) is 6.54 Å². The second kappa shape index (κ2) is 4.16. The van der Waals surface area contributed by atoms with Gasteiger partial charge < -0.3 is 5.32 Å². The van der Waals surface area contributed by atoms with Gasteiger partial charge in [0, 0.05) is 16.7 Å². The van der Waals surface area contributed by atoms with E-state index in [-0.39, 0.29) is 0 Å². The summed E-state index contributed by atoms with van der Waals surface area (Å²) in [6.45, 7) is 0.982. The van der Waals surface area contributed by atoms with Crippen molar-refractivity contribution in [1.29, 1.82) is 0 Å². The minimum atomic E-state index is 0.901. The van der Waals surface area contributed by atoms with E-state index in [1.165, 1.54) is 23.3 Å². The van der Waals surface area contributed by atoms with E-state index in [0.29, 0.717) is 0 Å². The topological polar surface area (TPSA) is 12.0 Å². The van der Waals surface area contributed by atoms with Gasteiger partial charge in [0.05, 0.1) is 0 Å². The molecular formula is C11H15NS. The maximum absolute atomic E-state index is 3.20. The minimum absolute atomic E-state index is 0.901. The van der Waals surface area contributed by atoms with Crippen molar-refractivity contribution in [3.05, 3.63) is 29.8 Å². The molecule has 1 aromatic rings. The van der Waals surface area contributed by atoms with Gasteiger partial charge >= 0.3 is 0 Å². The number of hydrogen-bond donors (Lipinski definition) is 1. The van der Waals surface area contributed by atoms with Gasteiger partial charge in [-0.25, -0.2) is 0 Å². The molecule has 1 aliphatic carbocycles. The van der Waals surface area contributed by atoms with Crippen LogP contribution in [-0.4, -0.2) is 12.3 Å². The maximum atomic E-state index is 3.20. The molecule has 0 amide bonds. The van der Waals surface area contributed by atoms with Gasteiger partial charge in [-0.05, 0) is 31.5 Å². The normalized spacial score (nSPS) is 16.1. The van der Waals surface area contributed by atoms with Crippen molar-refractivity contribution >= 4 is 11.8 Å². The first-order valence-corrected chi connectivity index (χ1v) is 5.67. The van der Waals surface area contributed by atoms with E-state index in [4.69, 9.17) is 0 Å². The van der Waals surface area contributed by atoms with Crippen molar-refractivity contribution in [2.24, 2.45) is 0 Å². The van der Waals surface area contributed by atoms with E-state index < -0.39 is 0 Å². The predicted octanol–water partition coefficient (Wildman–Crippen LogP) is 2.66. The molecule has 1 aromatic carbocycles. The Kier molecular flexibility index (Phi) is 2.91. The molecule has 1 fully saturated rings. The summed E-state index contributed by atoms with van der Waals surface area (Å²) in [4.78, 5) is 1.46. The molecular weight excluding hydrogens is 178 g/mol. The van der Waals surface area contributed by atoms with Crippen molar-refractivity contribution < 1.29 is 0 Å². The summed E-state index contributed by atoms with van der Waals surface area (Å²) >= 11 is 2.04. The molecule has 0 heterocycles. The summed E-state index contributed by atoms with van der Waals surface area (Å²) in [7, 11) is 2.00. The van der Waals surface area contributed by atoms with Gasteiger partial charge in [0.15, 0.2) is 0 Å². The standard InChI is InChI=1S/C11H15NS/c1-12-8-9-4-2-3-5-11(9)13-10-6-7-10/h2-5,10,12H,6-8H2,1H3. The fourth-order valence-electron chi connectivity index (χ4n) is 1.32. The molecule has 2 heteroatoms. The Bertz CT molecular complexity index is 281. The van der Waals surface area contributed by atoms with Crippen LogP contribution in [0.15, 0.2) is 29.2 Å². The molecule has 1 aliphatic rings. The van der Waals surface area contributed by atoms with E-state index >= 15 is 0 Å². The number of rotatable bonds is 4. The molecule has 1 nitrogen and oxygen atoms in total. The van der Waals surface area contributed by atoms with Crippen LogP contribution in [0.1, 0.15) is 18.4 Å². The molecule has 0 radical (unpaired) electrons. The predicted molar refractivity (Wildman–Crippen MR) is 58.1 cm³/mol. The Balaban J connectivity index is 2.10. The zero-order valence-corrected chi connectivity index (χ0v) is 8.73. The molecule has 13 heavy (non-hydrogen) atoms. The van der Waals surface area contributed by atoms with Crippen molar-refractivity contribution in [3.8, 4) is 0 Å². The highest BCUT2D eigenvalue weighted by Gasteiger charge is 2.23. The maximum Gasteiger partial charge on any atom is 0.0213 e. The molecule has 0 aromatic heterocycles. The number of hydrogen-bond acceptors (Lipinski definition) is 2. The summed E-state index contributed by atoms with van der Waals surface area (Å²) in [6, 6.07) is 8.68. The lowest BCUT2D eigenvalue weighted by molar-refractivity contribution is 0.803. The first-order chi connectivity index (χ1) is 6.40. The number of thioether (sulfide) groups is 1. The van der Waals surface area contributed by atoms with Crippen LogP contribution in [0.3, 0.4) is 0 Å². The van der Waals surface area contributed by atoms with Gasteiger partial charge in [-0.2, -0.15) is 0 Å². The quantitative estimate of drug-likeness (QED) is 0.789. The molecule has 0 atom stereocenters. The van der Waals surface area contributed by atoms with E-state index in [2.05, 4.69) is 29.6 Å². The molecule has 0 spiro atoms. The number of nitrogens with one attached hydrogen (secondary N) is 1. The lowest BCUT2D eigenvalue weighted by Crippen LogP contribution is -2.05. The molecule has 2 rings (SSSR count). The number of benzene rings is 1. The molecule has 0 bridgehead atoms. The third kappa shape index (κ3) is 2.48. The van der Waals surface area contributed by atoms with Gasteiger partial charge in [0.2, 0.25) is 0 Å². The van der Waals surface area contributed by atoms with Gasteiger partial charge in [-0.15, -0.1) is 11.8 Å². The third-order valence-corrected chi connectivity index (χ3v) is 3.61. The Hall–Kier alpha value is -0.470. The Morgan fingerprint density at radius 2 is 2.15 bits per heavy atom. The monoisotopic (exact) mass is 193 g/mol. The van der Waals surface area contributed by atoms with Gasteiger partial charge in [-0.1, -0.05) is 18.2 Å². The van der Waals surface area contributed by atoms with E-state index in [1.54, 1.807) is 0 Å². The minimum Gasteiger partial charge on any atom is -0.316 e. The SMILES string of the molecule is CNCc1ccccc1SC1CC1. The van der Waals surface area contributed by atoms with Gasteiger partial charge in [0.1, 0.15) is 0 Å². The Morgan fingerprint density at radius 3 is 2.85 bits per heavy atom. The third-order valence-electron chi connectivity index (χ3n) is 2.16. The Morgan fingerprint density at radius 1 is 1.38 bits per heavy atom.